The second-order valence-electron chi connectivity index (χ2n) is 7.82. The number of nitrogens with zero attached hydrogens (tertiary/aromatic N) is 4. The zero-order chi connectivity index (χ0) is 22.0. The molecule has 9 heteroatoms. The fourth-order valence-corrected chi connectivity index (χ4v) is 3.87. The van der Waals surface area contributed by atoms with Crippen LogP contribution in [0.3, 0.4) is 0 Å². The lowest BCUT2D eigenvalue weighted by atomic mass is 10.2. The van der Waals surface area contributed by atoms with Crippen molar-refractivity contribution in [3.8, 4) is 0 Å². The molecule has 1 aromatic carbocycles. The van der Waals surface area contributed by atoms with Gasteiger partial charge in [0.25, 0.3) is 0 Å². The number of amides is 2. The van der Waals surface area contributed by atoms with Gasteiger partial charge in [-0.05, 0) is 37.3 Å². The van der Waals surface area contributed by atoms with Crippen LogP contribution in [0, 0.1) is 12.7 Å². The van der Waals surface area contributed by atoms with E-state index in [1.165, 1.54) is 17.9 Å². The third-order valence-electron chi connectivity index (χ3n) is 5.58. The number of aromatic nitrogens is 1. The Balaban J connectivity index is 1.38. The van der Waals surface area contributed by atoms with E-state index in [9.17, 15) is 14.0 Å². The van der Waals surface area contributed by atoms with E-state index < -0.39 is 12.2 Å². The molecule has 8 nitrogen and oxygen atoms in total. The standard InChI is InChI=1S/C22H26FN5O3/c1-15-3-4-18(12-24-15)26-7-9-27(10-8-26)21-6-5-17(11-20(21)23)28-14-19(31-22(28)30)13-25-16(2)29/h3-6,11-12,19H,7-10,13-14H2,1-2H3,(H,25,29)/t19-/m0/s1. The number of rotatable bonds is 5. The van der Waals surface area contributed by atoms with E-state index in [1.807, 2.05) is 24.1 Å². The van der Waals surface area contributed by atoms with E-state index in [0.29, 0.717) is 24.5 Å². The number of hydrogen-bond acceptors (Lipinski definition) is 6. The van der Waals surface area contributed by atoms with Crippen molar-refractivity contribution in [2.75, 3.05) is 54.0 Å². The van der Waals surface area contributed by atoms with Crippen LogP contribution in [0.4, 0.5) is 26.2 Å². The van der Waals surface area contributed by atoms with Gasteiger partial charge in [-0.2, -0.15) is 0 Å². The molecule has 2 aliphatic rings. The highest BCUT2D eigenvalue weighted by atomic mass is 19.1. The molecule has 4 rings (SSSR count). The summed E-state index contributed by atoms with van der Waals surface area (Å²) in [5.74, 6) is -0.565. The summed E-state index contributed by atoms with van der Waals surface area (Å²) in [6.07, 6.45) is 0.876. The minimum Gasteiger partial charge on any atom is -0.442 e. The highest BCUT2D eigenvalue weighted by molar-refractivity contribution is 5.90. The van der Waals surface area contributed by atoms with E-state index >= 15 is 0 Å². The molecule has 3 heterocycles. The number of carbonyl (C=O) groups excluding carboxylic acids is 2. The van der Waals surface area contributed by atoms with Gasteiger partial charge in [0.05, 0.1) is 36.3 Å². The summed E-state index contributed by atoms with van der Waals surface area (Å²) < 4.78 is 20.2. The monoisotopic (exact) mass is 427 g/mol. The van der Waals surface area contributed by atoms with Gasteiger partial charge in [-0.1, -0.05) is 0 Å². The third kappa shape index (κ3) is 4.70. The molecule has 0 bridgehead atoms. The van der Waals surface area contributed by atoms with Crippen LogP contribution in [0.1, 0.15) is 12.6 Å². The first-order chi connectivity index (χ1) is 14.9. The van der Waals surface area contributed by atoms with E-state index in [1.54, 1.807) is 12.1 Å². The maximum atomic E-state index is 14.9. The SMILES string of the molecule is CC(=O)NC[C@H]1CN(c2ccc(N3CCN(c4ccc(C)nc4)CC3)c(F)c2)C(=O)O1. The number of benzene rings is 1. The number of nitrogens with one attached hydrogen (secondary N) is 1. The number of piperazine rings is 1. The predicted octanol–water partition coefficient (Wildman–Crippen LogP) is 2.32. The molecule has 2 aromatic rings. The van der Waals surface area contributed by atoms with Crippen molar-refractivity contribution in [1.82, 2.24) is 10.3 Å². The minimum atomic E-state index is -0.539. The molecule has 2 fully saturated rings. The summed E-state index contributed by atoms with van der Waals surface area (Å²) in [6, 6.07) is 8.86. The van der Waals surface area contributed by atoms with Crippen LogP contribution in [-0.2, 0) is 9.53 Å². The number of anilines is 3. The normalized spacial score (nSPS) is 18.9. The zero-order valence-corrected chi connectivity index (χ0v) is 17.7. The lowest BCUT2D eigenvalue weighted by molar-refractivity contribution is -0.119. The van der Waals surface area contributed by atoms with Crippen molar-refractivity contribution >= 4 is 29.1 Å². The fraction of sp³-hybridized carbons (Fsp3) is 0.409. The summed E-state index contributed by atoms with van der Waals surface area (Å²) in [7, 11) is 0. The predicted molar refractivity (Wildman–Crippen MR) is 116 cm³/mol. The molecular weight excluding hydrogens is 401 g/mol. The van der Waals surface area contributed by atoms with Crippen LogP contribution in [0.2, 0.25) is 0 Å². The van der Waals surface area contributed by atoms with E-state index in [2.05, 4.69) is 21.3 Å². The molecule has 0 aliphatic carbocycles. The van der Waals surface area contributed by atoms with Crippen LogP contribution >= 0.6 is 0 Å². The quantitative estimate of drug-likeness (QED) is 0.789. The van der Waals surface area contributed by atoms with Gasteiger partial charge in [0, 0.05) is 38.8 Å². The lowest BCUT2D eigenvalue weighted by Gasteiger charge is -2.37. The lowest BCUT2D eigenvalue weighted by Crippen LogP contribution is -2.46. The van der Waals surface area contributed by atoms with E-state index in [4.69, 9.17) is 4.74 Å². The molecule has 31 heavy (non-hydrogen) atoms. The first kappa shape index (κ1) is 20.9. The van der Waals surface area contributed by atoms with Gasteiger partial charge in [0.15, 0.2) is 0 Å². The average molecular weight is 427 g/mol. The molecular formula is C22H26FN5O3. The second-order valence-corrected chi connectivity index (χ2v) is 7.82. The van der Waals surface area contributed by atoms with Gasteiger partial charge in [-0.25, -0.2) is 9.18 Å². The Labute approximate surface area is 180 Å². The Morgan fingerprint density at radius 2 is 1.87 bits per heavy atom. The van der Waals surface area contributed by atoms with Crippen molar-refractivity contribution in [3.63, 3.8) is 0 Å². The molecule has 2 amide bonds. The van der Waals surface area contributed by atoms with E-state index in [0.717, 1.165) is 24.5 Å². The van der Waals surface area contributed by atoms with Crippen LogP contribution < -0.4 is 20.0 Å². The number of aryl methyl sites for hydroxylation is 1. The number of hydrogen-bond donors (Lipinski definition) is 1. The topological polar surface area (TPSA) is 78.0 Å². The summed E-state index contributed by atoms with van der Waals surface area (Å²) in [6.45, 7) is 6.78. The number of cyclic esters (lactones) is 1. The zero-order valence-electron chi connectivity index (χ0n) is 17.7. The molecule has 2 saturated heterocycles. The van der Waals surface area contributed by atoms with Gasteiger partial charge in [-0.15, -0.1) is 0 Å². The highest BCUT2D eigenvalue weighted by Crippen LogP contribution is 2.29. The summed E-state index contributed by atoms with van der Waals surface area (Å²) in [5, 5.41) is 2.63. The Hall–Kier alpha value is -3.36. The Morgan fingerprint density at radius 1 is 1.16 bits per heavy atom. The van der Waals surface area contributed by atoms with Crippen LogP contribution in [0.25, 0.3) is 0 Å². The number of ether oxygens (including phenoxy) is 1. The molecule has 1 atom stereocenters. The van der Waals surface area contributed by atoms with Crippen molar-refractivity contribution in [2.45, 2.75) is 20.0 Å². The Kier molecular flexibility index (Phi) is 5.92. The molecule has 1 N–H and O–H groups in total. The largest absolute Gasteiger partial charge is 0.442 e. The Morgan fingerprint density at radius 3 is 2.52 bits per heavy atom. The number of pyridine rings is 1. The van der Waals surface area contributed by atoms with Crippen molar-refractivity contribution in [3.05, 3.63) is 48.0 Å². The third-order valence-corrected chi connectivity index (χ3v) is 5.58. The highest BCUT2D eigenvalue weighted by Gasteiger charge is 2.33. The van der Waals surface area contributed by atoms with Crippen LogP contribution in [0.5, 0.6) is 0 Å². The summed E-state index contributed by atoms with van der Waals surface area (Å²) in [5.41, 5.74) is 3.02. The molecule has 0 saturated carbocycles. The molecule has 0 unspecified atom stereocenters. The number of halogens is 1. The minimum absolute atomic E-state index is 0.191. The smallest absolute Gasteiger partial charge is 0.414 e. The van der Waals surface area contributed by atoms with Crippen LogP contribution in [0.15, 0.2) is 36.5 Å². The molecule has 164 valence electrons. The first-order valence-electron chi connectivity index (χ1n) is 10.4. The number of carbonyl (C=O) groups is 2. The molecule has 2 aliphatic heterocycles. The van der Waals surface area contributed by atoms with Crippen molar-refractivity contribution < 1.29 is 18.7 Å². The van der Waals surface area contributed by atoms with Gasteiger partial charge < -0.3 is 19.9 Å². The van der Waals surface area contributed by atoms with Crippen molar-refractivity contribution in [2.24, 2.45) is 0 Å². The maximum Gasteiger partial charge on any atom is 0.414 e. The second kappa shape index (κ2) is 8.79. The molecule has 1 aromatic heterocycles. The van der Waals surface area contributed by atoms with Gasteiger partial charge in [0.1, 0.15) is 11.9 Å². The van der Waals surface area contributed by atoms with E-state index in [-0.39, 0.29) is 24.8 Å². The molecule has 0 radical (unpaired) electrons. The Bertz CT molecular complexity index is 960. The van der Waals surface area contributed by atoms with Gasteiger partial charge >= 0.3 is 6.09 Å². The fourth-order valence-electron chi connectivity index (χ4n) is 3.87. The molecule has 0 spiro atoms. The summed E-state index contributed by atoms with van der Waals surface area (Å²) in [4.78, 5) is 33.2. The maximum absolute atomic E-state index is 14.9. The van der Waals surface area contributed by atoms with Crippen LogP contribution in [-0.4, -0.2) is 62.4 Å². The first-order valence-corrected chi connectivity index (χ1v) is 10.4. The van der Waals surface area contributed by atoms with Gasteiger partial charge in [-0.3, -0.25) is 14.7 Å². The summed E-state index contributed by atoms with van der Waals surface area (Å²) >= 11 is 0. The van der Waals surface area contributed by atoms with Gasteiger partial charge in [0.2, 0.25) is 5.91 Å². The van der Waals surface area contributed by atoms with Crippen molar-refractivity contribution in [1.29, 1.82) is 0 Å². The average Bonchev–Trinajstić information content (AvgIpc) is 3.13.